The van der Waals surface area contributed by atoms with Crippen molar-refractivity contribution in [3.8, 4) is 0 Å². The first-order valence-electron chi connectivity index (χ1n) is 5.46. The van der Waals surface area contributed by atoms with Crippen LogP contribution in [0.2, 0.25) is 19.6 Å². The van der Waals surface area contributed by atoms with Gasteiger partial charge in [0.25, 0.3) is 0 Å². The molecule has 1 fully saturated rings. The average Bonchev–Trinajstić information content (AvgIpc) is 2.03. The molecule has 0 amide bonds. The van der Waals surface area contributed by atoms with Gasteiger partial charge >= 0.3 is 0 Å². The third kappa shape index (κ3) is 3.99. The van der Waals surface area contributed by atoms with Gasteiger partial charge in [0.05, 0.1) is 0 Å². The number of rotatable bonds is 3. The third-order valence-electron chi connectivity index (χ3n) is 2.63. The minimum atomic E-state index is -1.15. The first kappa shape index (κ1) is 10.8. The fourth-order valence-corrected chi connectivity index (χ4v) is 3.20. The van der Waals surface area contributed by atoms with E-state index in [-0.39, 0.29) is 0 Å². The minimum absolute atomic E-state index is 0.764. The monoisotopic (exact) mass is 197 g/mol. The summed E-state index contributed by atoms with van der Waals surface area (Å²) in [5.74, 6) is 0.764. The first-order chi connectivity index (χ1) is 5.99. The molecule has 1 aliphatic rings. The highest BCUT2D eigenvalue weighted by atomic mass is 28.3. The zero-order valence-electron chi connectivity index (χ0n) is 9.32. The molecule has 0 radical (unpaired) electrons. The van der Waals surface area contributed by atoms with Gasteiger partial charge in [0.2, 0.25) is 0 Å². The van der Waals surface area contributed by atoms with Gasteiger partial charge < -0.3 is 4.98 Å². The molecular formula is C11H23NSi. The molecule has 1 nitrogen and oxygen atoms in total. The van der Waals surface area contributed by atoms with Gasteiger partial charge in [-0.15, -0.1) is 0 Å². The number of hydrogen-bond donors (Lipinski definition) is 1. The Kier molecular flexibility index (Phi) is 3.60. The van der Waals surface area contributed by atoms with Crippen molar-refractivity contribution in [2.75, 3.05) is 0 Å². The molecule has 1 aliphatic carbocycles. The maximum atomic E-state index is 4.19. The summed E-state index contributed by atoms with van der Waals surface area (Å²) in [6, 6.07) is 0. The Morgan fingerprint density at radius 2 is 1.69 bits per heavy atom. The number of nitrogens with one attached hydrogen (secondary N) is 1. The van der Waals surface area contributed by atoms with Crippen LogP contribution in [0.3, 0.4) is 0 Å². The summed E-state index contributed by atoms with van der Waals surface area (Å²) in [4.78, 5) is 3.63. The molecule has 2 heteroatoms. The van der Waals surface area contributed by atoms with Crippen LogP contribution in [-0.2, 0) is 0 Å². The van der Waals surface area contributed by atoms with E-state index in [0.29, 0.717) is 0 Å². The van der Waals surface area contributed by atoms with Crippen LogP contribution in [0, 0.1) is 5.92 Å². The summed E-state index contributed by atoms with van der Waals surface area (Å²) in [7, 11) is -1.15. The molecule has 0 aliphatic heterocycles. The van der Waals surface area contributed by atoms with Crippen LogP contribution in [0.5, 0.6) is 0 Å². The lowest BCUT2D eigenvalue weighted by molar-refractivity contribution is 0.396. The fourth-order valence-electron chi connectivity index (χ4n) is 2.03. The van der Waals surface area contributed by atoms with Crippen molar-refractivity contribution in [3.63, 3.8) is 0 Å². The van der Waals surface area contributed by atoms with Gasteiger partial charge in [-0.1, -0.05) is 45.5 Å². The molecule has 0 heterocycles. The van der Waals surface area contributed by atoms with E-state index in [1.54, 1.807) is 0 Å². The van der Waals surface area contributed by atoms with E-state index in [0.717, 1.165) is 5.92 Å². The quantitative estimate of drug-likeness (QED) is 0.683. The summed E-state index contributed by atoms with van der Waals surface area (Å²) in [6.07, 6.45) is 6.94. The Morgan fingerprint density at radius 3 is 2.15 bits per heavy atom. The standard InChI is InChI=1S/C11H23NSi/c1-10(12-13(2,3)4)11-8-6-5-7-9-11/h11-12H,1,5-9H2,2-4H3. The van der Waals surface area contributed by atoms with E-state index >= 15 is 0 Å². The molecule has 1 saturated carbocycles. The highest BCUT2D eigenvalue weighted by Crippen LogP contribution is 2.28. The van der Waals surface area contributed by atoms with E-state index in [4.69, 9.17) is 0 Å². The maximum Gasteiger partial charge on any atom is 0.143 e. The predicted molar refractivity (Wildman–Crippen MR) is 62.2 cm³/mol. The molecule has 13 heavy (non-hydrogen) atoms. The van der Waals surface area contributed by atoms with Crippen molar-refractivity contribution in [3.05, 3.63) is 12.3 Å². The molecule has 0 aromatic carbocycles. The molecule has 0 unspecified atom stereocenters. The van der Waals surface area contributed by atoms with Crippen molar-refractivity contribution in [1.29, 1.82) is 0 Å². The molecule has 0 atom stereocenters. The second-order valence-corrected chi connectivity index (χ2v) is 9.99. The van der Waals surface area contributed by atoms with Crippen LogP contribution >= 0.6 is 0 Å². The van der Waals surface area contributed by atoms with E-state index in [1.807, 2.05) is 0 Å². The van der Waals surface area contributed by atoms with Crippen LogP contribution in [-0.4, -0.2) is 8.24 Å². The Labute approximate surface area is 83.7 Å². The second-order valence-electron chi connectivity index (χ2n) is 5.24. The largest absolute Gasteiger partial charge is 0.414 e. The highest BCUT2D eigenvalue weighted by molar-refractivity contribution is 6.74. The Morgan fingerprint density at radius 1 is 1.15 bits per heavy atom. The molecule has 1 N–H and O–H groups in total. The van der Waals surface area contributed by atoms with Gasteiger partial charge in [0.15, 0.2) is 0 Å². The van der Waals surface area contributed by atoms with E-state index in [1.165, 1.54) is 37.8 Å². The van der Waals surface area contributed by atoms with E-state index in [2.05, 4.69) is 31.2 Å². The Hall–Kier alpha value is -0.243. The lowest BCUT2D eigenvalue weighted by atomic mass is 9.88. The van der Waals surface area contributed by atoms with E-state index in [9.17, 15) is 0 Å². The molecule has 0 saturated heterocycles. The predicted octanol–water partition coefficient (Wildman–Crippen LogP) is 3.50. The van der Waals surface area contributed by atoms with Crippen molar-refractivity contribution in [2.24, 2.45) is 5.92 Å². The summed E-state index contributed by atoms with van der Waals surface area (Å²) in [6.45, 7) is 11.2. The third-order valence-corrected chi connectivity index (χ3v) is 3.70. The van der Waals surface area contributed by atoms with Crippen LogP contribution in [0.1, 0.15) is 32.1 Å². The van der Waals surface area contributed by atoms with Crippen LogP contribution in [0.15, 0.2) is 12.3 Å². The van der Waals surface area contributed by atoms with Gasteiger partial charge in [0, 0.05) is 0 Å². The second kappa shape index (κ2) is 4.31. The SMILES string of the molecule is C=C(N[Si](C)(C)C)C1CCCCC1. The molecular weight excluding hydrogens is 174 g/mol. The summed E-state index contributed by atoms with van der Waals surface area (Å²) >= 11 is 0. The molecule has 76 valence electrons. The molecule has 0 aromatic heterocycles. The molecule has 1 rings (SSSR count). The topological polar surface area (TPSA) is 12.0 Å². The van der Waals surface area contributed by atoms with Crippen molar-refractivity contribution < 1.29 is 0 Å². The van der Waals surface area contributed by atoms with Crippen LogP contribution in [0.4, 0.5) is 0 Å². The van der Waals surface area contributed by atoms with E-state index < -0.39 is 8.24 Å². The molecule has 0 bridgehead atoms. The smallest absolute Gasteiger partial charge is 0.143 e. The zero-order chi connectivity index (χ0) is 9.90. The van der Waals surface area contributed by atoms with Gasteiger partial charge in [-0.25, -0.2) is 0 Å². The molecule has 0 aromatic rings. The Balaban J connectivity index is 2.38. The molecule has 0 spiro atoms. The first-order valence-corrected chi connectivity index (χ1v) is 8.96. The summed E-state index contributed by atoms with van der Waals surface area (Å²) in [5, 5.41) is 0. The lowest BCUT2D eigenvalue weighted by Gasteiger charge is -2.29. The normalized spacial score (nSPS) is 19.9. The average molecular weight is 197 g/mol. The summed E-state index contributed by atoms with van der Waals surface area (Å²) < 4.78 is 0. The minimum Gasteiger partial charge on any atom is -0.414 e. The van der Waals surface area contributed by atoms with Gasteiger partial charge in [-0.05, 0) is 24.5 Å². The van der Waals surface area contributed by atoms with Crippen molar-refractivity contribution >= 4 is 8.24 Å². The summed E-state index contributed by atoms with van der Waals surface area (Å²) in [5.41, 5.74) is 1.32. The van der Waals surface area contributed by atoms with Crippen LogP contribution in [0.25, 0.3) is 0 Å². The maximum absolute atomic E-state index is 4.19. The van der Waals surface area contributed by atoms with Gasteiger partial charge in [-0.2, -0.15) is 0 Å². The number of hydrogen-bond acceptors (Lipinski definition) is 1. The van der Waals surface area contributed by atoms with Gasteiger partial charge in [-0.3, -0.25) is 0 Å². The van der Waals surface area contributed by atoms with Crippen molar-refractivity contribution in [1.82, 2.24) is 4.98 Å². The van der Waals surface area contributed by atoms with Crippen LogP contribution < -0.4 is 4.98 Å². The number of allylic oxidation sites excluding steroid dienone is 1. The highest BCUT2D eigenvalue weighted by Gasteiger charge is 2.20. The van der Waals surface area contributed by atoms with Gasteiger partial charge in [0.1, 0.15) is 8.24 Å². The lowest BCUT2D eigenvalue weighted by Crippen LogP contribution is -2.42. The Bertz CT molecular complexity index is 175. The fraction of sp³-hybridized carbons (Fsp3) is 0.818. The zero-order valence-corrected chi connectivity index (χ0v) is 10.3. The van der Waals surface area contributed by atoms with Crippen molar-refractivity contribution in [2.45, 2.75) is 51.7 Å².